The lowest BCUT2D eigenvalue weighted by molar-refractivity contribution is -0.141. The minimum atomic E-state index is -4.79. The minimum Gasteiger partial charge on any atom is -0.324 e. The first-order valence-corrected chi connectivity index (χ1v) is 10.2. The number of hydrogen-bond acceptors (Lipinski definition) is 7. The summed E-state index contributed by atoms with van der Waals surface area (Å²) in [5.74, 6) is -1.02. The van der Waals surface area contributed by atoms with Gasteiger partial charge in [-0.2, -0.15) is 36.3 Å². The number of nitrogens with one attached hydrogen (secondary N) is 1. The Morgan fingerprint density at radius 2 is 1.49 bits per heavy atom. The van der Waals surface area contributed by atoms with Crippen LogP contribution >= 0.6 is 0 Å². The molecule has 0 amide bonds. The zero-order valence-corrected chi connectivity index (χ0v) is 18.4. The molecule has 0 atom stereocenters. The summed E-state index contributed by atoms with van der Waals surface area (Å²) in [7, 11) is 0. The van der Waals surface area contributed by atoms with E-state index >= 15 is 0 Å². The van der Waals surface area contributed by atoms with Gasteiger partial charge in [0.15, 0.2) is 11.6 Å². The van der Waals surface area contributed by atoms with Crippen LogP contribution in [0.4, 0.5) is 46.8 Å². The summed E-state index contributed by atoms with van der Waals surface area (Å²) < 4.78 is 105. The molecule has 0 saturated carbocycles. The molecule has 0 unspecified atom stereocenters. The normalized spacial score (nSPS) is 12.2. The van der Waals surface area contributed by atoms with Gasteiger partial charge in [0.1, 0.15) is 22.8 Å². The fourth-order valence-corrected chi connectivity index (χ4v) is 3.08. The predicted octanol–water partition coefficient (Wildman–Crippen LogP) is 6.42. The van der Waals surface area contributed by atoms with Crippen molar-refractivity contribution in [2.24, 2.45) is 0 Å². The van der Waals surface area contributed by atoms with Crippen LogP contribution in [0, 0.1) is 6.92 Å². The molecule has 4 rings (SSSR count). The van der Waals surface area contributed by atoms with Gasteiger partial charge in [-0.15, -0.1) is 0 Å². The van der Waals surface area contributed by atoms with E-state index < -0.39 is 41.7 Å². The third kappa shape index (κ3) is 5.92. The van der Waals surface area contributed by atoms with Crippen LogP contribution in [-0.4, -0.2) is 29.9 Å². The van der Waals surface area contributed by atoms with Crippen LogP contribution < -0.4 is 5.32 Å². The minimum absolute atomic E-state index is 0.0506. The molecule has 15 heteroatoms. The van der Waals surface area contributed by atoms with Gasteiger partial charge in [0.2, 0.25) is 5.95 Å². The molecule has 0 saturated heterocycles. The molecule has 0 aliphatic rings. The van der Waals surface area contributed by atoms with Gasteiger partial charge in [0, 0.05) is 23.6 Å². The van der Waals surface area contributed by atoms with Gasteiger partial charge in [-0.3, -0.25) is 9.97 Å². The zero-order chi connectivity index (χ0) is 27.0. The van der Waals surface area contributed by atoms with Crippen LogP contribution in [0.25, 0.3) is 22.9 Å². The Hall–Kier alpha value is -4.30. The van der Waals surface area contributed by atoms with E-state index in [1.54, 1.807) is 0 Å². The van der Waals surface area contributed by atoms with Crippen LogP contribution in [0.2, 0.25) is 0 Å². The molecule has 1 N–H and O–H groups in total. The molecule has 0 radical (unpaired) electrons. The van der Waals surface area contributed by atoms with Gasteiger partial charge in [0.05, 0.1) is 0 Å². The maximum Gasteiger partial charge on any atom is 0.433 e. The van der Waals surface area contributed by atoms with Crippen LogP contribution in [0.1, 0.15) is 29.1 Å². The number of pyridine rings is 3. The number of alkyl halides is 8. The highest BCUT2D eigenvalue weighted by Crippen LogP contribution is 2.32. The largest absolute Gasteiger partial charge is 0.433 e. The Morgan fingerprint density at radius 1 is 0.784 bits per heavy atom. The number of hydrogen-bond donors (Lipinski definition) is 1. The molecule has 4 aromatic heterocycles. The summed E-state index contributed by atoms with van der Waals surface area (Å²) in [6, 6.07) is 5.80. The van der Waals surface area contributed by atoms with Crippen LogP contribution in [0.15, 0.2) is 48.8 Å². The molecular weight excluding hydrogens is 514 g/mol. The Morgan fingerprint density at radius 3 is 2.16 bits per heavy atom. The summed E-state index contributed by atoms with van der Waals surface area (Å²) in [5, 5.41) is 2.52. The number of rotatable bonds is 5. The second-order valence-corrected chi connectivity index (χ2v) is 7.49. The van der Waals surface area contributed by atoms with Crippen molar-refractivity contribution in [3.8, 4) is 22.9 Å². The molecule has 0 aliphatic carbocycles. The number of nitrogens with zero attached hydrogens (tertiary/aromatic N) is 6. The summed E-state index contributed by atoms with van der Waals surface area (Å²) in [6.45, 7) is 1.51. The summed E-state index contributed by atoms with van der Waals surface area (Å²) in [6.07, 6.45) is -10.5. The number of halogens is 8. The molecule has 0 spiro atoms. The van der Waals surface area contributed by atoms with E-state index in [-0.39, 0.29) is 28.7 Å². The van der Waals surface area contributed by atoms with E-state index in [1.807, 2.05) is 0 Å². The topological polar surface area (TPSA) is 89.4 Å². The lowest BCUT2D eigenvalue weighted by Crippen LogP contribution is -2.10. The van der Waals surface area contributed by atoms with Gasteiger partial charge in [-0.05, 0) is 42.8 Å². The Labute approximate surface area is 202 Å². The van der Waals surface area contributed by atoms with Crippen LogP contribution in [0.5, 0.6) is 0 Å². The van der Waals surface area contributed by atoms with Crippen molar-refractivity contribution in [1.82, 2.24) is 29.9 Å². The Kier molecular flexibility index (Phi) is 6.71. The third-order valence-electron chi connectivity index (χ3n) is 4.80. The van der Waals surface area contributed by atoms with Crippen LogP contribution in [0.3, 0.4) is 0 Å². The van der Waals surface area contributed by atoms with E-state index in [9.17, 15) is 35.1 Å². The first-order valence-electron chi connectivity index (χ1n) is 10.2. The molecule has 4 heterocycles. The van der Waals surface area contributed by atoms with E-state index in [0.717, 1.165) is 30.6 Å². The molecule has 0 aliphatic heterocycles. The monoisotopic (exact) mass is 527 g/mol. The molecule has 0 bridgehead atoms. The quantitative estimate of drug-likeness (QED) is 0.300. The van der Waals surface area contributed by atoms with Crippen molar-refractivity contribution in [1.29, 1.82) is 0 Å². The summed E-state index contributed by atoms with van der Waals surface area (Å²) in [5.41, 5.74) is -3.18. The average molecular weight is 527 g/mol. The van der Waals surface area contributed by atoms with E-state index in [4.69, 9.17) is 0 Å². The Balaban J connectivity index is 1.87. The second-order valence-electron chi connectivity index (χ2n) is 7.49. The molecule has 37 heavy (non-hydrogen) atoms. The predicted molar refractivity (Wildman–Crippen MR) is 114 cm³/mol. The highest BCUT2D eigenvalue weighted by atomic mass is 19.4. The molecule has 7 nitrogen and oxygen atoms in total. The van der Waals surface area contributed by atoms with Gasteiger partial charge < -0.3 is 5.32 Å². The standard InChI is InChI=1S/C22H13F8N7/c1-10-9-32-14(17(23)24)8-12(10)18-35-19(13-3-2-4-15(34-13)21(25,26)27)37-20(36-18)33-11-5-6-31-16(7-11)22(28,29)30/h2-9,17H,1H3,(H,31,33,35,36,37). The van der Waals surface area contributed by atoms with Crippen LogP contribution in [-0.2, 0) is 12.4 Å². The van der Waals surface area contributed by atoms with Crippen molar-refractivity contribution in [2.45, 2.75) is 25.7 Å². The van der Waals surface area contributed by atoms with Crippen molar-refractivity contribution in [3.05, 3.63) is 71.4 Å². The van der Waals surface area contributed by atoms with Gasteiger partial charge in [0.25, 0.3) is 6.43 Å². The lowest BCUT2D eigenvalue weighted by atomic mass is 10.1. The number of aryl methyl sites for hydroxylation is 1. The fraction of sp³-hybridized carbons (Fsp3) is 0.182. The van der Waals surface area contributed by atoms with Gasteiger partial charge >= 0.3 is 12.4 Å². The zero-order valence-electron chi connectivity index (χ0n) is 18.4. The fourth-order valence-electron chi connectivity index (χ4n) is 3.08. The molecule has 0 fully saturated rings. The first kappa shape index (κ1) is 25.8. The van der Waals surface area contributed by atoms with Crippen molar-refractivity contribution in [3.63, 3.8) is 0 Å². The van der Waals surface area contributed by atoms with E-state index in [2.05, 4.69) is 35.2 Å². The van der Waals surface area contributed by atoms with E-state index in [0.29, 0.717) is 11.6 Å². The average Bonchev–Trinajstić information content (AvgIpc) is 2.83. The first-order chi connectivity index (χ1) is 17.3. The SMILES string of the molecule is Cc1cnc(C(F)F)cc1-c1nc(Nc2ccnc(C(F)(F)F)c2)nc(-c2cccc(C(F)(F)F)n2)n1. The molecule has 192 valence electrons. The summed E-state index contributed by atoms with van der Waals surface area (Å²) >= 11 is 0. The maximum atomic E-state index is 13.3. The number of anilines is 2. The van der Waals surface area contributed by atoms with Crippen molar-refractivity contribution >= 4 is 11.6 Å². The van der Waals surface area contributed by atoms with Gasteiger partial charge in [-0.25, -0.2) is 18.7 Å². The molecular formula is C22H13F8N7. The van der Waals surface area contributed by atoms with Gasteiger partial charge in [-0.1, -0.05) is 6.07 Å². The molecule has 0 aromatic carbocycles. The highest BCUT2D eigenvalue weighted by molar-refractivity contribution is 5.66. The molecule has 4 aromatic rings. The summed E-state index contributed by atoms with van der Waals surface area (Å²) in [4.78, 5) is 22.6. The maximum absolute atomic E-state index is 13.3. The lowest BCUT2D eigenvalue weighted by Gasteiger charge is -2.13. The van der Waals surface area contributed by atoms with E-state index in [1.165, 1.54) is 19.1 Å². The van der Waals surface area contributed by atoms with Crippen molar-refractivity contribution < 1.29 is 35.1 Å². The number of aromatic nitrogens is 6. The Bertz CT molecular complexity index is 1440. The highest BCUT2D eigenvalue weighted by Gasteiger charge is 2.33. The van der Waals surface area contributed by atoms with Crippen molar-refractivity contribution in [2.75, 3.05) is 5.32 Å². The smallest absolute Gasteiger partial charge is 0.324 e. The second kappa shape index (κ2) is 9.63. The third-order valence-corrected chi connectivity index (χ3v) is 4.80.